The lowest BCUT2D eigenvalue weighted by molar-refractivity contribution is -0.114. The van der Waals surface area contributed by atoms with Gasteiger partial charge in [-0.25, -0.2) is 0 Å². The number of carbonyl (C=O) groups is 2. The summed E-state index contributed by atoms with van der Waals surface area (Å²) in [5, 5.41) is 18.3. The van der Waals surface area contributed by atoms with Gasteiger partial charge < -0.3 is 30.5 Å². The molecule has 2 aromatic rings. The van der Waals surface area contributed by atoms with Gasteiger partial charge in [0.25, 0.3) is 0 Å². The first-order valence-electron chi connectivity index (χ1n) is 8.89. The van der Waals surface area contributed by atoms with Gasteiger partial charge in [0.1, 0.15) is 30.8 Å². The summed E-state index contributed by atoms with van der Waals surface area (Å²) in [5.41, 5.74) is 1.39. The Bertz CT molecular complexity index is 735. The molecule has 0 saturated heterocycles. The van der Waals surface area contributed by atoms with E-state index in [1.807, 2.05) is 0 Å². The first-order valence-corrected chi connectivity index (χ1v) is 8.89. The Morgan fingerprint density at radius 2 is 1.64 bits per heavy atom. The van der Waals surface area contributed by atoms with Crippen LogP contribution in [0.2, 0.25) is 0 Å². The van der Waals surface area contributed by atoms with Crippen LogP contribution in [-0.4, -0.2) is 49.8 Å². The molecule has 8 heteroatoms. The summed E-state index contributed by atoms with van der Waals surface area (Å²) in [6.45, 7) is 2.98. The van der Waals surface area contributed by atoms with Gasteiger partial charge in [0, 0.05) is 31.4 Å². The van der Waals surface area contributed by atoms with E-state index in [0.717, 1.165) is 0 Å². The predicted molar refractivity (Wildman–Crippen MR) is 107 cm³/mol. The molecular formula is C20H25N3O5. The third kappa shape index (κ3) is 8.07. The molecule has 2 aromatic carbocycles. The summed E-state index contributed by atoms with van der Waals surface area (Å²) in [7, 11) is 0. The summed E-state index contributed by atoms with van der Waals surface area (Å²) in [5.74, 6) is 1.18. The minimum atomic E-state index is -0.663. The molecule has 8 nitrogen and oxygen atoms in total. The maximum atomic E-state index is 11.0. The summed E-state index contributed by atoms with van der Waals surface area (Å²) in [6.07, 6.45) is -0.0425. The summed E-state index contributed by atoms with van der Waals surface area (Å²) in [4.78, 5) is 21.3. The Morgan fingerprint density at radius 1 is 1.04 bits per heavy atom. The van der Waals surface area contributed by atoms with E-state index in [-0.39, 0.29) is 12.5 Å². The lowest BCUT2D eigenvalue weighted by Crippen LogP contribution is -2.33. The molecule has 28 heavy (non-hydrogen) atoms. The molecule has 0 saturated carbocycles. The fourth-order valence-electron chi connectivity index (χ4n) is 2.31. The van der Waals surface area contributed by atoms with Crippen molar-refractivity contribution in [3.8, 4) is 11.5 Å². The zero-order chi connectivity index (χ0) is 20.2. The molecule has 2 rings (SSSR count). The summed E-state index contributed by atoms with van der Waals surface area (Å²) < 4.78 is 11.1. The molecule has 0 radical (unpaired) electrons. The fourth-order valence-corrected chi connectivity index (χ4v) is 2.31. The van der Waals surface area contributed by atoms with E-state index in [1.165, 1.54) is 6.92 Å². The largest absolute Gasteiger partial charge is 0.492 e. The van der Waals surface area contributed by atoms with Crippen LogP contribution >= 0.6 is 0 Å². The van der Waals surface area contributed by atoms with Gasteiger partial charge in [-0.1, -0.05) is 0 Å². The second kappa shape index (κ2) is 11.6. The van der Waals surface area contributed by atoms with Crippen molar-refractivity contribution >= 4 is 23.7 Å². The normalized spacial score (nSPS) is 11.4. The highest BCUT2D eigenvalue weighted by atomic mass is 16.5. The van der Waals surface area contributed by atoms with Crippen LogP contribution in [0.3, 0.4) is 0 Å². The second-order valence-electron chi connectivity index (χ2n) is 6.01. The van der Waals surface area contributed by atoms with Crippen molar-refractivity contribution in [1.29, 1.82) is 0 Å². The molecule has 0 heterocycles. The Morgan fingerprint density at radius 3 is 2.25 bits per heavy atom. The Kier molecular flexibility index (Phi) is 8.77. The van der Waals surface area contributed by atoms with Gasteiger partial charge in [0.15, 0.2) is 0 Å². The van der Waals surface area contributed by atoms with E-state index in [2.05, 4.69) is 16.0 Å². The van der Waals surface area contributed by atoms with Gasteiger partial charge in [0.2, 0.25) is 12.3 Å². The average molecular weight is 387 g/mol. The van der Waals surface area contributed by atoms with Crippen molar-refractivity contribution in [2.24, 2.45) is 0 Å². The number of carbonyl (C=O) groups excluding carboxylic acids is 2. The number of hydrogen-bond donors (Lipinski definition) is 4. The number of ether oxygens (including phenoxy) is 2. The molecule has 150 valence electrons. The van der Waals surface area contributed by atoms with E-state index in [4.69, 9.17) is 9.47 Å². The minimum absolute atomic E-state index is 0.133. The van der Waals surface area contributed by atoms with Crippen LogP contribution in [0, 0.1) is 0 Å². The van der Waals surface area contributed by atoms with Crippen LogP contribution in [0.1, 0.15) is 6.92 Å². The molecule has 1 atom stereocenters. The van der Waals surface area contributed by atoms with Crippen molar-refractivity contribution in [3.05, 3.63) is 48.5 Å². The third-order valence-electron chi connectivity index (χ3n) is 3.62. The first-order chi connectivity index (χ1) is 13.6. The summed E-state index contributed by atoms with van der Waals surface area (Å²) >= 11 is 0. The number of hydrogen-bond acceptors (Lipinski definition) is 6. The second-order valence-corrected chi connectivity index (χ2v) is 6.01. The molecule has 0 spiro atoms. The smallest absolute Gasteiger partial charge is 0.221 e. The van der Waals surface area contributed by atoms with Gasteiger partial charge in [-0.05, 0) is 48.5 Å². The van der Waals surface area contributed by atoms with Gasteiger partial charge >= 0.3 is 0 Å². The van der Waals surface area contributed by atoms with E-state index < -0.39 is 6.10 Å². The van der Waals surface area contributed by atoms with E-state index in [9.17, 15) is 14.7 Å². The van der Waals surface area contributed by atoms with E-state index in [1.54, 1.807) is 48.5 Å². The maximum Gasteiger partial charge on any atom is 0.221 e. The molecule has 4 N–H and O–H groups in total. The number of amides is 2. The van der Waals surface area contributed by atoms with Crippen molar-refractivity contribution in [3.63, 3.8) is 0 Å². The van der Waals surface area contributed by atoms with Crippen LogP contribution in [0.25, 0.3) is 0 Å². The minimum Gasteiger partial charge on any atom is -0.492 e. The van der Waals surface area contributed by atoms with Crippen molar-refractivity contribution in [2.75, 3.05) is 36.9 Å². The molecule has 0 fully saturated rings. The Hall–Kier alpha value is -3.10. The zero-order valence-electron chi connectivity index (χ0n) is 15.7. The molecule has 0 aliphatic heterocycles. The van der Waals surface area contributed by atoms with E-state index in [0.29, 0.717) is 49.0 Å². The van der Waals surface area contributed by atoms with Crippen molar-refractivity contribution in [2.45, 2.75) is 13.0 Å². The first kappa shape index (κ1) is 21.2. The maximum absolute atomic E-state index is 11.0. The van der Waals surface area contributed by atoms with Crippen LogP contribution in [0.4, 0.5) is 11.4 Å². The standard InChI is InChI=1S/C20H25N3O5/c1-15(25)23-17-4-8-20(9-5-17)28-13-18(26)12-21-10-11-27-19-6-2-16(3-7-19)22-14-24/h2-9,14,18,21,26H,10-13H2,1H3,(H,22,24)(H,23,25). The lowest BCUT2D eigenvalue weighted by Gasteiger charge is -2.14. The summed E-state index contributed by atoms with van der Waals surface area (Å²) in [6, 6.07) is 14.0. The van der Waals surface area contributed by atoms with Crippen LogP contribution < -0.4 is 25.4 Å². The molecule has 2 amide bonds. The van der Waals surface area contributed by atoms with Crippen LogP contribution in [0.5, 0.6) is 11.5 Å². The third-order valence-corrected chi connectivity index (χ3v) is 3.62. The van der Waals surface area contributed by atoms with Gasteiger partial charge in [-0.2, -0.15) is 0 Å². The van der Waals surface area contributed by atoms with Gasteiger partial charge in [-0.15, -0.1) is 0 Å². The van der Waals surface area contributed by atoms with Gasteiger partial charge in [-0.3, -0.25) is 9.59 Å². The highest BCUT2D eigenvalue weighted by Gasteiger charge is 2.05. The van der Waals surface area contributed by atoms with Crippen LogP contribution in [-0.2, 0) is 9.59 Å². The van der Waals surface area contributed by atoms with Crippen LogP contribution in [0.15, 0.2) is 48.5 Å². The fraction of sp³-hybridized carbons (Fsp3) is 0.300. The zero-order valence-corrected chi connectivity index (χ0v) is 15.7. The highest BCUT2D eigenvalue weighted by molar-refractivity contribution is 5.88. The van der Waals surface area contributed by atoms with E-state index >= 15 is 0 Å². The molecule has 0 aliphatic carbocycles. The highest BCUT2D eigenvalue weighted by Crippen LogP contribution is 2.16. The number of aliphatic hydroxyl groups excluding tert-OH is 1. The molecule has 0 aromatic heterocycles. The van der Waals surface area contributed by atoms with Crippen molar-refractivity contribution in [1.82, 2.24) is 5.32 Å². The molecule has 0 aliphatic rings. The van der Waals surface area contributed by atoms with Crippen molar-refractivity contribution < 1.29 is 24.2 Å². The monoisotopic (exact) mass is 387 g/mol. The quantitative estimate of drug-likeness (QED) is 0.326. The lowest BCUT2D eigenvalue weighted by atomic mass is 10.3. The van der Waals surface area contributed by atoms with Gasteiger partial charge in [0.05, 0.1) is 0 Å². The molecular weight excluding hydrogens is 362 g/mol. The number of aliphatic hydroxyl groups is 1. The number of benzene rings is 2. The SMILES string of the molecule is CC(=O)Nc1ccc(OCC(O)CNCCOc2ccc(NC=O)cc2)cc1. The number of rotatable bonds is 12. The number of nitrogens with one attached hydrogen (secondary N) is 3. The topological polar surface area (TPSA) is 109 Å². The number of anilines is 2. The Labute approximate surface area is 163 Å². The molecule has 0 bridgehead atoms. The Balaban J connectivity index is 1.57. The predicted octanol–water partition coefficient (Wildman–Crippen LogP) is 1.62. The molecule has 1 unspecified atom stereocenters. The average Bonchev–Trinajstić information content (AvgIpc) is 2.68.